The van der Waals surface area contributed by atoms with Gasteiger partial charge in [-0.1, -0.05) is 0 Å². The Bertz CT molecular complexity index is 517. The molecule has 0 bridgehead atoms. The highest BCUT2D eigenvalue weighted by Gasteiger charge is 2.38. The van der Waals surface area contributed by atoms with Crippen molar-refractivity contribution in [2.75, 3.05) is 13.1 Å². The molecule has 2 rings (SSSR count). The van der Waals surface area contributed by atoms with Crippen molar-refractivity contribution in [3.05, 3.63) is 0 Å². The predicted molar refractivity (Wildman–Crippen MR) is 82.2 cm³/mol. The third kappa shape index (κ3) is 4.44. The molecule has 2 aliphatic heterocycles. The molecule has 24 heavy (non-hydrogen) atoms. The number of likely N-dealkylation sites (tertiary alicyclic amines) is 1. The van der Waals surface area contributed by atoms with Gasteiger partial charge in [-0.3, -0.25) is 14.4 Å². The minimum Gasteiger partial charge on any atom is -0.481 e. The molecule has 0 aromatic heterocycles. The molecule has 4 N–H and O–H groups in total. The first-order valence-corrected chi connectivity index (χ1v) is 8.19. The van der Waals surface area contributed by atoms with E-state index in [2.05, 4.69) is 10.6 Å². The molecule has 3 atom stereocenters. The van der Waals surface area contributed by atoms with Crippen molar-refractivity contribution in [2.24, 2.45) is 0 Å². The van der Waals surface area contributed by atoms with Crippen LogP contribution < -0.4 is 10.6 Å². The van der Waals surface area contributed by atoms with Crippen molar-refractivity contribution in [1.82, 2.24) is 15.5 Å². The van der Waals surface area contributed by atoms with Gasteiger partial charge in [-0.25, -0.2) is 4.79 Å². The molecular formula is C15H23N3O6. The summed E-state index contributed by atoms with van der Waals surface area (Å²) >= 11 is 0. The average molecular weight is 341 g/mol. The van der Waals surface area contributed by atoms with Crippen LogP contribution in [0.5, 0.6) is 0 Å². The number of hydrogen-bond donors (Lipinski definition) is 4. The Morgan fingerprint density at radius 2 is 1.92 bits per heavy atom. The van der Waals surface area contributed by atoms with Crippen LogP contribution in [0.25, 0.3) is 0 Å². The standard InChI is InChI=1S/C15H23N3O6/c19-12(20)6-5-10(17-13(21)9-3-1-7-16-9)14(22)18-8-2-4-11(18)15(23)24/h9-11,16H,1-8H2,(H,17,21)(H,19,20)(H,23,24). The highest BCUT2D eigenvalue weighted by atomic mass is 16.4. The molecule has 0 aliphatic carbocycles. The van der Waals surface area contributed by atoms with Crippen LogP contribution in [0.1, 0.15) is 38.5 Å². The number of amides is 2. The van der Waals surface area contributed by atoms with E-state index < -0.39 is 29.9 Å². The van der Waals surface area contributed by atoms with Crippen LogP contribution in [0.4, 0.5) is 0 Å². The quantitative estimate of drug-likeness (QED) is 0.474. The highest BCUT2D eigenvalue weighted by Crippen LogP contribution is 2.20. The fraction of sp³-hybridized carbons (Fsp3) is 0.733. The van der Waals surface area contributed by atoms with Crippen LogP contribution in [0.3, 0.4) is 0 Å². The molecule has 9 nitrogen and oxygen atoms in total. The van der Waals surface area contributed by atoms with Crippen molar-refractivity contribution in [3.8, 4) is 0 Å². The molecular weight excluding hydrogens is 318 g/mol. The SMILES string of the molecule is O=C(O)CCC(NC(=O)C1CCCN1)C(=O)N1CCCC1C(=O)O. The van der Waals surface area contributed by atoms with Crippen molar-refractivity contribution < 1.29 is 29.4 Å². The summed E-state index contributed by atoms with van der Waals surface area (Å²) in [6.07, 6.45) is 2.12. The van der Waals surface area contributed by atoms with Crippen LogP contribution in [0.15, 0.2) is 0 Å². The summed E-state index contributed by atoms with van der Waals surface area (Å²) in [6, 6.07) is -2.32. The molecule has 0 saturated carbocycles. The fourth-order valence-corrected chi connectivity index (χ4v) is 3.19. The van der Waals surface area contributed by atoms with E-state index in [1.54, 1.807) is 0 Å². The Labute approximate surface area is 139 Å². The molecule has 0 aromatic carbocycles. The second-order valence-corrected chi connectivity index (χ2v) is 6.17. The fourth-order valence-electron chi connectivity index (χ4n) is 3.19. The number of carboxylic acid groups (broad SMARTS) is 2. The first-order chi connectivity index (χ1) is 11.4. The third-order valence-corrected chi connectivity index (χ3v) is 4.46. The normalized spacial score (nSPS) is 24.6. The van der Waals surface area contributed by atoms with Gasteiger partial charge < -0.3 is 25.7 Å². The summed E-state index contributed by atoms with van der Waals surface area (Å²) in [5, 5.41) is 23.7. The average Bonchev–Trinajstić information content (AvgIpc) is 3.20. The molecule has 0 spiro atoms. The number of carboxylic acids is 2. The van der Waals surface area contributed by atoms with Gasteiger partial charge in [0.15, 0.2) is 0 Å². The summed E-state index contributed by atoms with van der Waals surface area (Å²) < 4.78 is 0. The zero-order valence-corrected chi connectivity index (χ0v) is 13.4. The topological polar surface area (TPSA) is 136 Å². The van der Waals surface area contributed by atoms with Gasteiger partial charge in [-0.05, 0) is 38.6 Å². The maximum atomic E-state index is 12.7. The Hall–Kier alpha value is -2.16. The highest BCUT2D eigenvalue weighted by molar-refractivity contribution is 5.92. The summed E-state index contributed by atoms with van der Waals surface area (Å²) in [5.74, 6) is -3.02. The number of carbonyl (C=O) groups is 4. The molecule has 2 heterocycles. The van der Waals surface area contributed by atoms with E-state index in [4.69, 9.17) is 5.11 Å². The van der Waals surface area contributed by atoms with E-state index in [-0.39, 0.29) is 24.8 Å². The molecule has 0 radical (unpaired) electrons. The zero-order chi connectivity index (χ0) is 17.7. The molecule has 2 aliphatic rings. The Kier molecular flexibility index (Phi) is 6.13. The summed E-state index contributed by atoms with van der Waals surface area (Å²) in [4.78, 5) is 48.2. The number of aliphatic carboxylic acids is 2. The van der Waals surface area contributed by atoms with Crippen LogP contribution in [0, 0.1) is 0 Å². The first-order valence-electron chi connectivity index (χ1n) is 8.19. The monoisotopic (exact) mass is 341 g/mol. The van der Waals surface area contributed by atoms with Crippen molar-refractivity contribution in [1.29, 1.82) is 0 Å². The lowest BCUT2D eigenvalue weighted by Gasteiger charge is -2.27. The van der Waals surface area contributed by atoms with Crippen molar-refractivity contribution in [3.63, 3.8) is 0 Å². The van der Waals surface area contributed by atoms with E-state index >= 15 is 0 Å². The Morgan fingerprint density at radius 3 is 2.50 bits per heavy atom. The van der Waals surface area contributed by atoms with Crippen LogP contribution in [0.2, 0.25) is 0 Å². The molecule has 0 aromatic rings. The number of rotatable bonds is 7. The van der Waals surface area contributed by atoms with Gasteiger partial charge >= 0.3 is 11.9 Å². The second-order valence-electron chi connectivity index (χ2n) is 6.17. The Morgan fingerprint density at radius 1 is 1.17 bits per heavy atom. The lowest BCUT2D eigenvalue weighted by atomic mass is 10.1. The van der Waals surface area contributed by atoms with Gasteiger partial charge in [-0.2, -0.15) is 0 Å². The van der Waals surface area contributed by atoms with Gasteiger partial charge in [0.25, 0.3) is 0 Å². The predicted octanol–water partition coefficient (Wildman–Crippen LogP) is -0.836. The number of nitrogens with one attached hydrogen (secondary N) is 2. The van der Waals surface area contributed by atoms with Crippen LogP contribution in [-0.4, -0.2) is 70.1 Å². The summed E-state index contributed by atoms with van der Waals surface area (Å²) in [6.45, 7) is 1.02. The van der Waals surface area contributed by atoms with Gasteiger partial charge in [0.2, 0.25) is 11.8 Å². The van der Waals surface area contributed by atoms with Gasteiger partial charge in [0.1, 0.15) is 12.1 Å². The van der Waals surface area contributed by atoms with E-state index in [1.165, 1.54) is 4.90 Å². The Balaban J connectivity index is 2.05. The summed E-state index contributed by atoms with van der Waals surface area (Å²) in [7, 11) is 0. The largest absolute Gasteiger partial charge is 0.481 e. The molecule has 2 fully saturated rings. The van der Waals surface area contributed by atoms with Crippen molar-refractivity contribution in [2.45, 2.75) is 56.7 Å². The van der Waals surface area contributed by atoms with Gasteiger partial charge in [-0.15, -0.1) is 0 Å². The molecule has 9 heteroatoms. The van der Waals surface area contributed by atoms with Gasteiger partial charge in [0.05, 0.1) is 6.04 Å². The first kappa shape index (κ1) is 18.2. The number of nitrogens with zero attached hydrogens (tertiary/aromatic N) is 1. The number of hydrogen-bond acceptors (Lipinski definition) is 5. The maximum Gasteiger partial charge on any atom is 0.326 e. The molecule has 3 unspecified atom stereocenters. The zero-order valence-electron chi connectivity index (χ0n) is 13.4. The molecule has 134 valence electrons. The minimum atomic E-state index is -1.08. The van der Waals surface area contributed by atoms with Gasteiger partial charge in [0, 0.05) is 13.0 Å². The van der Waals surface area contributed by atoms with Crippen LogP contribution in [-0.2, 0) is 19.2 Å². The third-order valence-electron chi connectivity index (χ3n) is 4.46. The second kappa shape index (κ2) is 8.09. The van der Waals surface area contributed by atoms with E-state index in [0.29, 0.717) is 25.8 Å². The van der Waals surface area contributed by atoms with E-state index in [0.717, 1.165) is 13.0 Å². The number of carbonyl (C=O) groups excluding carboxylic acids is 2. The van der Waals surface area contributed by atoms with E-state index in [1.807, 2.05) is 0 Å². The lowest BCUT2D eigenvalue weighted by Crippen LogP contribution is -2.54. The summed E-state index contributed by atoms with van der Waals surface area (Å²) in [5.41, 5.74) is 0. The maximum absolute atomic E-state index is 12.7. The minimum absolute atomic E-state index is 0.0601. The van der Waals surface area contributed by atoms with Crippen molar-refractivity contribution >= 4 is 23.8 Å². The smallest absolute Gasteiger partial charge is 0.326 e. The molecule has 2 amide bonds. The van der Waals surface area contributed by atoms with E-state index in [9.17, 15) is 24.3 Å². The van der Waals surface area contributed by atoms with Crippen LogP contribution >= 0.6 is 0 Å². The molecule has 2 saturated heterocycles. The lowest BCUT2D eigenvalue weighted by molar-refractivity contribution is -0.150.